The van der Waals surface area contributed by atoms with E-state index in [1.807, 2.05) is 37.3 Å². The normalized spacial score (nSPS) is 11.1. The first kappa shape index (κ1) is 17.0. The van der Waals surface area contributed by atoms with Crippen LogP contribution >= 0.6 is 0 Å². The van der Waals surface area contributed by atoms with Crippen molar-refractivity contribution in [2.24, 2.45) is 0 Å². The Morgan fingerprint density at radius 1 is 0.963 bits per heavy atom. The Balaban J connectivity index is 1.82. The second-order valence-corrected chi connectivity index (χ2v) is 6.22. The molecule has 2 aromatic carbocycles. The summed E-state index contributed by atoms with van der Waals surface area (Å²) in [5, 5.41) is 4.49. The SMILES string of the molecule is CCCn1c(=O)c2ccccc2n(Cc2nc(-c3ccccc3)no2)c1=O. The minimum Gasteiger partial charge on any atom is -0.337 e. The fraction of sp³-hybridized carbons (Fsp3) is 0.200. The van der Waals surface area contributed by atoms with Gasteiger partial charge in [-0.3, -0.25) is 13.9 Å². The summed E-state index contributed by atoms with van der Waals surface area (Å²) in [6.45, 7) is 2.39. The summed E-state index contributed by atoms with van der Waals surface area (Å²) in [6, 6.07) is 16.5. The molecule has 7 nitrogen and oxygen atoms in total. The summed E-state index contributed by atoms with van der Waals surface area (Å²) in [4.78, 5) is 29.9. The lowest BCUT2D eigenvalue weighted by molar-refractivity contribution is 0.369. The van der Waals surface area contributed by atoms with E-state index in [1.54, 1.807) is 24.3 Å². The van der Waals surface area contributed by atoms with E-state index in [1.165, 1.54) is 9.13 Å². The molecule has 7 heteroatoms. The van der Waals surface area contributed by atoms with Crippen molar-refractivity contribution < 1.29 is 4.52 Å². The monoisotopic (exact) mass is 362 g/mol. The number of hydrogen-bond donors (Lipinski definition) is 0. The zero-order valence-corrected chi connectivity index (χ0v) is 14.8. The van der Waals surface area contributed by atoms with E-state index in [4.69, 9.17) is 4.52 Å². The third kappa shape index (κ3) is 3.08. The first-order valence-electron chi connectivity index (χ1n) is 8.79. The van der Waals surface area contributed by atoms with Crippen LogP contribution in [-0.4, -0.2) is 19.3 Å². The lowest BCUT2D eigenvalue weighted by Gasteiger charge is -2.12. The van der Waals surface area contributed by atoms with Crippen LogP contribution in [0.1, 0.15) is 19.2 Å². The van der Waals surface area contributed by atoms with E-state index >= 15 is 0 Å². The Labute approximate surface area is 154 Å². The van der Waals surface area contributed by atoms with Crippen molar-refractivity contribution in [1.82, 2.24) is 19.3 Å². The van der Waals surface area contributed by atoms with Gasteiger partial charge in [-0.2, -0.15) is 4.98 Å². The molecular weight excluding hydrogens is 344 g/mol. The quantitative estimate of drug-likeness (QED) is 0.545. The molecule has 0 bridgehead atoms. The molecule has 0 atom stereocenters. The van der Waals surface area contributed by atoms with Crippen LogP contribution in [0.4, 0.5) is 0 Å². The lowest BCUT2D eigenvalue weighted by atomic mass is 10.2. The second kappa shape index (κ2) is 7.03. The standard InChI is InChI=1S/C20H18N4O3/c1-2-12-23-19(25)15-10-6-7-11-16(15)24(20(23)26)13-17-21-18(22-27-17)14-8-4-3-5-9-14/h3-11H,2,12-13H2,1H3. The van der Waals surface area contributed by atoms with Crippen LogP contribution in [0.15, 0.2) is 68.7 Å². The van der Waals surface area contributed by atoms with E-state index in [0.29, 0.717) is 35.6 Å². The number of rotatable bonds is 5. The van der Waals surface area contributed by atoms with Crippen molar-refractivity contribution in [2.75, 3.05) is 0 Å². The highest BCUT2D eigenvalue weighted by atomic mass is 16.5. The number of nitrogens with zero attached hydrogens (tertiary/aromatic N) is 4. The van der Waals surface area contributed by atoms with Gasteiger partial charge >= 0.3 is 5.69 Å². The van der Waals surface area contributed by atoms with E-state index in [0.717, 1.165) is 5.56 Å². The van der Waals surface area contributed by atoms with E-state index in [2.05, 4.69) is 10.1 Å². The van der Waals surface area contributed by atoms with Gasteiger partial charge in [-0.05, 0) is 18.6 Å². The predicted octanol–water partition coefficient (Wildman–Crippen LogP) is 2.67. The fourth-order valence-corrected chi connectivity index (χ4v) is 3.10. The van der Waals surface area contributed by atoms with Gasteiger partial charge in [-0.15, -0.1) is 0 Å². The van der Waals surface area contributed by atoms with Gasteiger partial charge in [0, 0.05) is 12.1 Å². The molecule has 0 aliphatic carbocycles. The molecular formula is C20H18N4O3. The molecule has 2 heterocycles. The van der Waals surface area contributed by atoms with Crippen molar-refractivity contribution in [1.29, 1.82) is 0 Å². The van der Waals surface area contributed by atoms with Crippen LogP contribution in [0, 0.1) is 0 Å². The van der Waals surface area contributed by atoms with Gasteiger partial charge in [0.15, 0.2) is 0 Å². The first-order valence-corrected chi connectivity index (χ1v) is 8.79. The molecule has 0 aliphatic heterocycles. The van der Waals surface area contributed by atoms with Crippen molar-refractivity contribution in [3.63, 3.8) is 0 Å². The summed E-state index contributed by atoms with van der Waals surface area (Å²) in [5.41, 5.74) is 0.740. The summed E-state index contributed by atoms with van der Waals surface area (Å²) in [5.74, 6) is 0.771. The number of benzene rings is 2. The summed E-state index contributed by atoms with van der Waals surface area (Å²) >= 11 is 0. The zero-order chi connectivity index (χ0) is 18.8. The number of fused-ring (bicyclic) bond motifs is 1. The van der Waals surface area contributed by atoms with Crippen LogP contribution in [0.2, 0.25) is 0 Å². The van der Waals surface area contributed by atoms with Gasteiger partial charge in [-0.25, -0.2) is 4.79 Å². The Morgan fingerprint density at radius 3 is 2.48 bits per heavy atom. The van der Waals surface area contributed by atoms with Crippen LogP contribution in [-0.2, 0) is 13.1 Å². The third-order valence-corrected chi connectivity index (χ3v) is 4.37. The highest BCUT2D eigenvalue weighted by molar-refractivity contribution is 5.77. The molecule has 0 unspecified atom stereocenters. The maximum absolute atomic E-state index is 12.9. The van der Waals surface area contributed by atoms with Crippen LogP contribution < -0.4 is 11.2 Å². The molecule has 0 radical (unpaired) electrons. The van der Waals surface area contributed by atoms with E-state index in [-0.39, 0.29) is 17.8 Å². The van der Waals surface area contributed by atoms with Crippen molar-refractivity contribution >= 4 is 10.9 Å². The van der Waals surface area contributed by atoms with Gasteiger partial charge < -0.3 is 4.52 Å². The van der Waals surface area contributed by atoms with Crippen molar-refractivity contribution in [2.45, 2.75) is 26.4 Å². The molecule has 0 fully saturated rings. The molecule has 0 spiro atoms. The minimum absolute atomic E-state index is 0.100. The first-order chi connectivity index (χ1) is 13.2. The van der Waals surface area contributed by atoms with Gasteiger partial charge in [0.05, 0.1) is 10.9 Å². The predicted molar refractivity (Wildman–Crippen MR) is 102 cm³/mol. The summed E-state index contributed by atoms with van der Waals surface area (Å²) in [6.07, 6.45) is 0.687. The lowest BCUT2D eigenvalue weighted by Crippen LogP contribution is -2.40. The topological polar surface area (TPSA) is 82.9 Å². The molecule has 2 aromatic heterocycles. The van der Waals surface area contributed by atoms with E-state index in [9.17, 15) is 9.59 Å². The van der Waals surface area contributed by atoms with Gasteiger partial charge in [-0.1, -0.05) is 54.5 Å². The van der Waals surface area contributed by atoms with Crippen molar-refractivity contribution in [3.05, 3.63) is 81.3 Å². The summed E-state index contributed by atoms with van der Waals surface area (Å²) in [7, 11) is 0. The van der Waals surface area contributed by atoms with E-state index < -0.39 is 0 Å². The molecule has 27 heavy (non-hydrogen) atoms. The number of aromatic nitrogens is 4. The fourth-order valence-electron chi connectivity index (χ4n) is 3.10. The average Bonchev–Trinajstić information content (AvgIpc) is 3.18. The molecule has 0 saturated heterocycles. The third-order valence-electron chi connectivity index (χ3n) is 4.37. The number of hydrogen-bond acceptors (Lipinski definition) is 5. The summed E-state index contributed by atoms with van der Waals surface area (Å²) < 4.78 is 8.12. The molecule has 0 aliphatic rings. The molecule has 136 valence electrons. The maximum atomic E-state index is 12.9. The minimum atomic E-state index is -0.375. The largest absolute Gasteiger partial charge is 0.337 e. The van der Waals surface area contributed by atoms with Crippen LogP contribution in [0.3, 0.4) is 0 Å². The van der Waals surface area contributed by atoms with Crippen molar-refractivity contribution in [3.8, 4) is 11.4 Å². The Kier molecular flexibility index (Phi) is 4.42. The molecule has 0 N–H and O–H groups in total. The van der Waals surface area contributed by atoms with Gasteiger partial charge in [0.25, 0.3) is 5.56 Å². The van der Waals surface area contributed by atoms with Crippen LogP contribution in [0.5, 0.6) is 0 Å². The molecule has 0 saturated carbocycles. The smallest absolute Gasteiger partial charge is 0.331 e. The number of para-hydroxylation sites is 1. The zero-order valence-electron chi connectivity index (χ0n) is 14.8. The Morgan fingerprint density at radius 2 is 1.70 bits per heavy atom. The Bertz CT molecular complexity index is 1210. The highest BCUT2D eigenvalue weighted by Crippen LogP contribution is 2.16. The van der Waals surface area contributed by atoms with Crippen LogP contribution in [0.25, 0.3) is 22.3 Å². The van der Waals surface area contributed by atoms with Gasteiger partial charge in [0.2, 0.25) is 11.7 Å². The second-order valence-electron chi connectivity index (χ2n) is 6.22. The highest BCUT2D eigenvalue weighted by Gasteiger charge is 2.15. The molecule has 0 amide bonds. The maximum Gasteiger partial charge on any atom is 0.331 e. The Hall–Kier alpha value is -3.48. The molecule has 4 rings (SSSR count). The van der Waals surface area contributed by atoms with Gasteiger partial charge in [0.1, 0.15) is 6.54 Å². The molecule has 4 aromatic rings. The average molecular weight is 362 g/mol.